The standard InChI is InChI=1S/C23H25N5O2/c29-22(27-13-9-20-8-4-5-12-25-20)11-17-28(16-10-19-6-2-1-3-7-19)23(30)21-18-24-14-15-26-21/h1-8,12,14-15,18H,9-11,13,16-17H2,(H,27,29). The molecule has 0 aliphatic carbocycles. The summed E-state index contributed by atoms with van der Waals surface area (Å²) in [4.78, 5) is 39.1. The average Bonchev–Trinajstić information content (AvgIpc) is 2.80. The molecule has 0 saturated carbocycles. The first-order valence-corrected chi connectivity index (χ1v) is 9.98. The van der Waals surface area contributed by atoms with Gasteiger partial charge in [0.2, 0.25) is 5.91 Å². The molecule has 0 bridgehead atoms. The number of amides is 2. The summed E-state index contributed by atoms with van der Waals surface area (Å²) in [6, 6.07) is 15.7. The number of pyridine rings is 1. The van der Waals surface area contributed by atoms with Gasteiger partial charge in [-0.15, -0.1) is 0 Å². The number of hydrogen-bond acceptors (Lipinski definition) is 5. The molecule has 0 saturated heterocycles. The van der Waals surface area contributed by atoms with E-state index in [0.29, 0.717) is 32.5 Å². The molecule has 30 heavy (non-hydrogen) atoms. The molecule has 3 aromatic rings. The van der Waals surface area contributed by atoms with Crippen molar-refractivity contribution in [2.45, 2.75) is 19.3 Å². The van der Waals surface area contributed by atoms with E-state index in [1.165, 1.54) is 18.6 Å². The summed E-state index contributed by atoms with van der Waals surface area (Å²) >= 11 is 0. The average molecular weight is 403 g/mol. The number of nitrogens with zero attached hydrogens (tertiary/aromatic N) is 4. The SMILES string of the molecule is O=C(CCN(CCc1ccccc1)C(=O)c1cnccn1)NCCc1ccccn1. The van der Waals surface area contributed by atoms with Gasteiger partial charge in [0.05, 0.1) is 6.20 Å². The van der Waals surface area contributed by atoms with Crippen molar-refractivity contribution < 1.29 is 9.59 Å². The molecule has 0 fully saturated rings. The number of aromatic nitrogens is 3. The Balaban J connectivity index is 1.53. The predicted molar refractivity (Wildman–Crippen MR) is 114 cm³/mol. The Morgan fingerprint density at radius 1 is 0.867 bits per heavy atom. The molecule has 0 spiro atoms. The molecule has 2 amide bonds. The van der Waals surface area contributed by atoms with Gasteiger partial charge >= 0.3 is 0 Å². The highest BCUT2D eigenvalue weighted by Crippen LogP contribution is 2.06. The van der Waals surface area contributed by atoms with Crippen molar-refractivity contribution in [3.05, 3.63) is 90.3 Å². The van der Waals surface area contributed by atoms with Crippen molar-refractivity contribution in [3.63, 3.8) is 0 Å². The summed E-state index contributed by atoms with van der Waals surface area (Å²) in [5.74, 6) is -0.317. The van der Waals surface area contributed by atoms with Crippen LogP contribution in [0.1, 0.15) is 28.2 Å². The van der Waals surface area contributed by atoms with Crippen molar-refractivity contribution in [1.29, 1.82) is 0 Å². The van der Waals surface area contributed by atoms with Gasteiger partial charge in [-0.2, -0.15) is 0 Å². The molecular formula is C23H25N5O2. The number of carbonyl (C=O) groups excluding carboxylic acids is 2. The highest BCUT2D eigenvalue weighted by Gasteiger charge is 2.18. The molecule has 154 valence electrons. The van der Waals surface area contributed by atoms with Crippen LogP contribution in [0.2, 0.25) is 0 Å². The summed E-state index contributed by atoms with van der Waals surface area (Å²) in [6.45, 7) is 1.33. The Labute approximate surface area is 176 Å². The number of hydrogen-bond donors (Lipinski definition) is 1. The van der Waals surface area contributed by atoms with Gasteiger partial charge in [0, 0.05) is 56.8 Å². The van der Waals surface area contributed by atoms with E-state index in [1.54, 1.807) is 11.1 Å². The summed E-state index contributed by atoms with van der Waals surface area (Å²) < 4.78 is 0. The quantitative estimate of drug-likeness (QED) is 0.561. The monoisotopic (exact) mass is 403 g/mol. The highest BCUT2D eigenvalue weighted by molar-refractivity contribution is 5.92. The molecule has 0 aliphatic rings. The molecular weight excluding hydrogens is 378 g/mol. The Kier molecular flexibility index (Phi) is 8.02. The van der Waals surface area contributed by atoms with Crippen molar-refractivity contribution in [3.8, 4) is 0 Å². The van der Waals surface area contributed by atoms with E-state index in [2.05, 4.69) is 20.3 Å². The van der Waals surface area contributed by atoms with E-state index in [1.807, 2.05) is 48.5 Å². The minimum atomic E-state index is -0.222. The molecule has 0 atom stereocenters. The van der Waals surface area contributed by atoms with Gasteiger partial charge in [-0.05, 0) is 24.1 Å². The molecule has 3 rings (SSSR count). The Morgan fingerprint density at radius 2 is 1.70 bits per heavy atom. The second-order valence-electron chi connectivity index (χ2n) is 6.79. The lowest BCUT2D eigenvalue weighted by Crippen LogP contribution is -2.37. The van der Waals surface area contributed by atoms with E-state index >= 15 is 0 Å². The third-order valence-corrected chi connectivity index (χ3v) is 4.62. The number of rotatable bonds is 10. The van der Waals surface area contributed by atoms with E-state index in [-0.39, 0.29) is 23.9 Å². The maximum absolute atomic E-state index is 12.9. The third kappa shape index (κ3) is 6.77. The fourth-order valence-electron chi connectivity index (χ4n) is 3.00. The van der Waals surface area contributed by atoms with E-state index in [9.17, 15) is 9.59 Å². The normalized spacial score (nSPS) is 10.4. The van der Waals surface area contributed by atoms with Crippen LogP contribution >= 0.6 is 0 Å². The minimum Gasteiger partial charge on any atom is -0.356 e. The van der Waals surface area contributed by atoms with Crippen LogP contribution in [0.3, 0.4) is 0 Å². The van der Waals surface area contributed by atoms with Gasteiger partial charge in [-0.25, -0.2) is 4.98 Å². The second-order valence-corrected chi connectivity index (χ2v) is 6.79. The predicted octanol–water partition coefficient (Wildman–Crippen LogP) is 2.31. The van der Waals surface area contributed by atoms with Gasteiger partial charge in [0.1, 0.15) is 5.69 Å². The van der Waals surface area contributed by atoms with Crippen molar-refractivity contribution in [1.82, 2.24) is 25.2 Å². The largest absolute Gasteiger partial charge is 0.356 e. The molecule has 2 aromatic heterocycles. The van der Waals surface area contributed by atoms with Gasteiger partial charge in [-0.1, -0.05) is 36.4 Å². The zero-order valence-electron chi connectivity index (χ0n) is 16.8. The third-order valence-electron chi connectivity index (χ3n) is 4.62. The first-order valence-electron chi connectivity index (χ1n) is 9.98. The van der Waals surface area contributed by atoms with Crippen LogP contribution in [0, 0.1) is 0 Å². The smallest absolute Gasteiger partial charge is 0.274 e. The van der Waals surface area contributed by atoms with Crippen LogP contribution in [0.5, 0.6) is 0 Å². The van der Waals surface area contributed by atoms with Crippen molar-refractivity contribution in [2.75, 3.05) is 19.6 Å². The molecule has 7 heteroatoms. The van der Waals surface area contributed by atoms with Gasteiger partial charge in [-0.3, -0.25) is 19.6 Å². The van der Waals surface area contributed by atoms with Crippen LogP contribution in [0.15, 0.2) is 73.3 Å². The van der Waals surface area contributed by atoms with E-state index in [4.69, 9.17) is 0 Å². The molecule has 1 aromatic carbocycles. The Morgan fingerprint density at radius 3 is 2.43 bits per heavy atom. The summed E-state index contributed by atoms with van der Waals surface area (Å²) in [7, 11) is 0. The lowest BCUT2D eigenvalue weighted by molar-refractivity contribution is -0.121. The molecule has 0 aliphatic heterocycles. The maximum Gasteiger partial charge on any atom is 0.274 e. The summed E-state index contributed by atoms with van der Waals surface area (Å²) in [6.07, 6.45) is 7.80. The van der Waals surface area contributed by atoms with Crippen LogP contribution in [0.4, 0.5) is 0 Å². The van der Waals surface area contributed by atoms with Gasteiger partial charge in [0.15, 0.2) is 0 Å². The van der Waals surface area contributed by atoms with E-state index < -0.39 is 0 Å². The zero-order chi connectivity index (χ0) is 21.0. The van der Waals surface area contributed by atoms with Crippen LogP contribution < -0.4 is 5.32 Å². The molecule has 0 unspecified atom stereocenters. The molecule has 7 nitrogen and oxygen atoms in total. The van der Waals surface area contributed by atoms with Crippen LogP contribution in [-0.4, -0.2) is 51.3 Å². The lowest BCUT2D eigenvalue weighted by atomic mass is 10.1. The summed E-state index contributed by atoms with van der Waals surface area (Å²) in [5.41, 5.74) is 2.34. The van der Waals surface area contributed by atoms with Gasteiger partial charge in [0.25, 0.3) is 5.91 Å². The lowest BCUT2D eigenvalue weighted by Gasteiger charge is -2.22. The number of carbonyl (C=O) groups is 2. The van der Waals surface area contributed by atoms with E-state index in [0.717, 1.165) is 11.3 Å². The molecule has 1 N–H and O–H groups in total. The van der Waals surface area contributed by atoms with Crippen molar-refractivity contribution in [2.24, 2.45) is 0 Å². The second kappa shape index (κ2) is 11.4. The molecule has 0 radical (unpaired) electrons. The number of nitrogens with one attached hydrogen (secondary N) is 1. The highest BCUT2D eigenvalue weighted by atomic mass is 16.2. The zero-order valence-corrected chi connectivity index (χ0v) is 16.8. The fraction of sp³-hybridized carbons (Fsp3) is 0.261. The Bertz CT molecular complexity index is 920. The summed E-state index contributed by atoms with van der Waals surface area (Å²) in [5, 5.41) is 2.89. The topological polar surface area (TPSA) is 88.1 Å². The Hall–Kier alpha value is -3.61. The van der Waals surface area contributed by atoms with Crippen LogP contribution in [0.25, 0.3) is 0 Å². The van der Waals surface area contributed by atoms with Crippen LogP contribution in [-0.2, 0) is 17.6 Å². The molecule has 2 heterocycles. The maximum atomic E-state index is 12.9. The number of benzene rings is 1. The van der Waals surface area contributed by atoms with Gasteiger partial charge < -0.3 is 10.2 Å². The first-order chi connectivity index (χ1) is 14.7. The van der Waals surface area contributed by atoms with Crippen molar-refractivity contribution >= 4 is 11.8 Å². The first kappa shape index (κ1) is 21.1. The fourth-order valence-corrected chi connectivity index (χ4v) is 3.00. The minimum absolute atomic E-state index is 0.0948.